The fraction of sp³-hybridized carbons (Fsp3) is 0.130. The van der Waals surface area contributed by atoms with Crippen LogP contribution in [0.4, 0.5) is 0 Å². The van der Waals surface area contributed by atoms with Crippen molar-refractivity contribution in [2.75, 3.05) is 0 Å². The van der Waals surface area contributed by atoms with Gasteiger partial charge in [0.2, 0.25) is 12.1 Å². The normalized spacial score (nSPS) is 12.2. The maximum absolute atomic E-state index is 12.9. The molecule has 0 aliphatic carbocycles. The molecule has 128 valence electrons. The first kappa shape index (κ1) is 16.3. The minimum absolute atomic E-state index is 0.123. The van der Waals surface area contributed by atoms with Crippen molar-refractivity contribution in [3.63, 3.8) is 0 Å². The molecule has 0 N–H and O–H groups in total. The highest BCUT2D eigenvalue weighted by molar-refractivity contribution is 5.99. The molecule has 26 heavy (non-hydrogen) atoms. The molecule has 3 nitrogen and oxygen atoms in total. The van der Waals surface area contributed by atoms with Crippen molar-refractivity contribution in [3.05, 3.63) is 102 Å². The molecule has 4 aromatic rings. The van der Waals surface area contributed by atoms with Crippen LogP contribution < -0.4 is 4.57 Å². The van der Waals surface area contributed by atoms with Crippen molar-refractivity contribution in [3.8, 4) is 0 Å². The first-order valence-corrected chi connectivity index (χ1v) is 8.86. The van der Waals surface area contributed by atoms with E-state index in [9.17, 15) is 4.79 Å². The van der Waals surface area contributed by atoms with Crippen molar-refractivity contribution < 1.29 is 9.36 Å². The Bertz CT molecular complexity index is 1040. The summed E-state index contributed by atoms with van der Waals surface area (Å²) in [4.78, 5) is 12.9. The average molecular weight is 341 g/mol. The van der Waals surface area contributed by atoms with Gasteiger partial charge in [-0.1, -0.05) is 72.8 Å². The van der Waals surface area contributed by atoms with Crippen LogP contribution in [-0.2, 0) is 6.54 Å². The molecule has 0 aliphatic rings. The Labute approximate surface area is 153 Å². The minimum Gasteiger partial charge on any atom is -0.289 e. The zero-order chi connectivity index (χ0) is 17.9. The van der Waals surface area contributed by atoms with Crippen molar-refractivity contribution in [1.29, 1.82) is 0 Å². The van der Waals surface area contributed by atoms with E-state index < -0.39 is 0 Å². The van der Waals surface area contributed by atoms with Crippen LogP contribution in [0.5, 0.6) is 0 Å². The monoisotopic (exact) mass is 341 g/mol. The summed E-state index contributed by atoms with van der Waals surface area (Å²) < 4.78 is 4.28. The van der Waals surface area contributed by atoms with E-state index in [2.05, 4.69) is 51.9 Å². The molecule has 3 heteroatoms. The van der Waals surface area contributed by atoms with Crippen LogP contribution in [-0.4, -0.2) is 10.4 Å². The topological polar surface area (TPSA) is 25.9 Å². The van der Waals surface area contributed by atoms with E-state index in [0.717, 1.165) is 23.1 Å². The SMILES string of the molecule is C[C@H](C(=O)c1ccccc1)n1c[n+](Cc2ccccc2)c2ccccc21. The number of benzene rings is 3. The zero-order valence-corrected chi connectivity index (χ0v) is 14.7. The fourth-order valence-corrected chi connectivity index (χ4v) is 3.38. The molecule has 0 unspecified atom stereocenters. The van der Waals surface area contributed by atoms with Gasteiger partial charge in [0.25, 0.3) is 0 Å². The predicted molar refractivity (Wildman–Crippen MR) is 103 cm³/mol. The molecule has 0 fully saturated rings. The van der Waals surface area contributed by atoms with Crippen molar-refractivity contribution in [2.24, 2.45) is 0 Å². The maximum Gasteiger partial charge on any atom is 0.245 e. The van der Waals surface area contributed by atoms with Gasteiger partial charge >= 0.3 is 0 Å². The number of nitrogens with zero attached hydrogens (tertiary/aromatic N) is 2. The lowest BCUT2D eigenvalue weighted by Gasteiger charge is -2.08. The van der Waals surface area contributed by atoms with E-state index in [1.54, 1.807) is 0 Å². The van der Waals surface area contributed by atoms with E-state index in [4.69, 9.17) is 0 Å². The second kappa shape index (κ2) is 6.96. The zero-order valence-electron chi connectivity index (χ0n) is 14.7. The molecule has 0 aliphatic heterocycles. The van der Waals surface area contributed by atoms with Gasteiger partial charge in [-0.25, -0.2) is 9.13 Å². The molecule has 0 amide bonds. The highest BCUT2D eigenvalue weighted by atomic mass is 16.1. The maximum atomic E-state index is 12.9. The second-order valence-corrected chi connectivity index (χ2v) is 6.53. The van der Waals surface area contributed by atoms with Crippen molar-refractivity contribution in [2.45, 2.75) is 19.5 Å². The molecular weight excluding hydrogens is 320 g/mol. The number of fused-ring (bicyclic) bond motifs is 1. The standard InChI is InChI=1S/C23H21N2O/c1-18(23(26)20-12-6-3-7-13-20)25-17-24(16-19-10-4-2-5-11-19)21-14-8-9-15-22(21)25/h2-15,17-18H,16H2,1H3/q+1/t18-/m1/s1. The number of aromatic nitrogens is 2. The molecule has 0 bridgehead atoms. The molecule has 1 atom stereocenters. The van der Waals surface area contributed by atoms with Crippen LogP contribution in [0.2, 0.25) is 0 Å². The van der Waals surface area contributed by atoms with Crippen molar-refractivity contribution in [1.82, 2.24) is 4.57 Å². The number of carbonyl (C=O) groups is 1. The number of ketones is 1. The summed E-state index contributed by atoms with van der Waals surface area (Å²) in [5.41, 5.74) is 4.18. The van der Waals surface area contributed by atoms with Gasteiger partial charge in [-0.15, -0.1) is 0 Å². The second-order valence-electron chi connectivity index (χ2n) is 6.53. The van der Waals surface area contributed by atoms with Crippen LogP contribution in [0.3, 0.4) is 0 Å². The van der Waals surface area contributed by atoms with Gasteiger partial charge in [0, 0.05) is 5.56 Å². The molecule has 0 saturated carbocycles. The highest BCUT2D eigenvalue weighted by Gasteiger charge is 2.25. The van der Waals surface area contributed by atoms with E-state index in [-0.39, 0.29) is 11.8 Å². The number of Topliss-reactive ketones (excluding diaryl/α,β-unsaturated/α-hetero) is 1. The van der Waals surface area contributed by atoms with Crippen LogP contribution in [0.25, 0.3) is 11.0 Å². The summed E-state index contributed by atoms with van der Waals surface area (Å²) in [5.74, 6) is 0.123. The molecule has 3 aromatic carbocycles. The molecule has 1 aromatic heterocycles. The third-order valence-corrected chi connectivity index (χ3v) is 4.78. The number of rotatable bonds is 5. The van der Waals surface area contributed by atoms with Crippen LogP contribution in [0, 0.1) is 0 Å². The average Bonchev–Trinajstić information content (AvgIpc) is 3.07. The van der Waals surface area contributed by atoms with E-state index in [1.807, 2.05) is 55.5 Å². The van der Waals surface area contributed by atoms with E-state index in [0.29, 0.717) is 0 Å². The Hall–Kier alpha value is -3.20. The molecular formula is C23H21N2O+. The first-order chi connectivity index (χ1) is 12.7. The largest absolute Gasteiger partial charge is 0.289 e. The summed E-state index contributed by atoms with van der Waals surface area (Å²) in [6.07, 6.45) is 2.06. The van der Waals surface area contributed by atoms with Gasteiger partial charge in [-0.05, 0) is 24.6 Å². The quantitative estimate of drug-likeness (QED) is 0.390. The number of imidazole rings is 1. The number of hydrogen-bond donors (Lipinski definition) is 0. The number of para-hydroxylation sites is 2. The number of carbonyl (C=O) groups excluding carboxylic acids is 1. The van der Waals surface area contributed by atoms with E-state index >= 15 is 0 Å². The smallest absolute Gasteiger partial charge is 0.245 e. The van der Waals surface area contributed by atoms with Gasteiger partial charge in [0.05, 0.1) is 0 Å². The lowest BCUT2D eigenvalue weighted by molar-refractivity contribution is -0.663. The number of hydrogen-bond acceptors (Lipinski definition) is 1. The Balaban J connectivity index is 1.75. The van der Waals surface area contributed by atoms with Crippen molar-refractivity contribution >= 4 is 16.8 Å². The Kier molecular flexibility index (Phi) is 4.36. The minimum atomic E-state index is -0.265. The highest BCUT2D eigenvalue weighted by Crippen LogP contribution is 2.20. The Morgan fingerprint density at radius 3 is 2.23 bits per heavy atom. The molecule has 0 saturated heterocycles. The predicted octanol–water partition coefficient (Wildman–Crippen LogP) is 4.42. The summed E-state index contributed by atoms with van der Waals surface area (Å²) in [6.45, 7) is 2.75. The third kappa shape index (κ3) is 3.04. The first-order valence-electron chi connectivity index (χ1n) is 8.86. The lowest BCUT2D eigenvalue weighted by atomic mass is 10.1. The van der Waals surface area contributed by atoms with Gasteiger partial charge in [-0.2, -0.15) is 0 Å². The van der Waals surface area contributed by atoms with Gasteiger partial charge in [0.15, 0.2) is 17.1 Å². The lowest BCUT2D eigenvalue weighted by Crippen LogP contribution is -2.33. The molecule has 4 rings (SSSR count). The Morgan fingerprint density at radius 2 is 1.50 bits per heavy atom. The van der Waals surface area contributed by atoms with Crippen LogP contribution >= 0.6 is 0 Å². The van der Waals surface area contributed by atoms with Crippen LogP contribution in [0.15, 0.2) is 91.3 Å². The molecule has 0 radical (unpaired) electrons. The van der Waals surface area contributed by atoms with Crippen LogP contribution in [0.1, 0.15) is 28.9 Å². The van der Waals surface area contributed by atoms with E-state index in [1.165, 1.54) is 5.56 Å². The van der Waals surface area contributed by atoms with Gasteiger partial charge in [-0.3, -0.25) is 4.79 Å². The van der Waals surface area contributed by atoms with Gasteiger partial charge < -0.3 is 0 Å². The summed E-state index contributed by atoms with van der Waals surface area (Å²) in [7, 11) is 0. The Morgan fingerprint density at radius 1 is 0.885 bits per heavy atom. The van der Waals surface area contributed by atoms with Gasteiger partial charge in [0.1, 0.15) is 6.54 Å². The summed E-state index contributed by atoms with van der Waals surface area (Å²) in [6, 6.07) is 27.8. The molecule has 1 heterocycles. The third-order valence-electron chi connectivity index (χ3n) is 4.78. The summed E-state index contributed by atoms with van der Waals surface area (Å²) in [5, 5.41) is 0. The molecule has 0 spiro atoms. The summed E-state index contributed by atoms with van der Waals surface area (Å²) >= 11 is 0. The fourth-order valence-electron chi connectivity index (χ4n) is 3.38.